The standard InChI is InChI=1S/C20H21NO5/c1-25-18-4-2-3-5-19(18)26-16-8-10-21(11-9-16)20(24)17-7-6-15(23)12-14(17)13-22/h2-7,12-13,16,23H,8-11H2,1H3. The van der Waals surface area contributed by atoms with Gasteiger partial charge in [-0.1, -0.05) is 12.1 Å². The molecule has 6 heteroatoms. The molecule has 0 aromatic heterocycles. The number of carbonyl (C=O) groups is 2. The highest BCUT2D eigenvalue weighted by Crippen LogP contribution is 2.29. The van der Waals surface area contributed by atoms with E-state index in [1.165, 1.54) is 18.2 Å². The van der Waals surface area contributed by atoms with Crippen molar-refractivity contribution in [2.24, 2.45) is 0 Å². The highest BCUT2D eigenvalue weighted by Gasteiger charge is 2.26. The van der Waals surface area contributed by atoms with Gasteiger partial charge < -0.3 is 19.5 Å². The number of amides is 1. The highest BCUT2D eigenvalue weighted by atomic mass is 16.5. The molecule has 0 spiro atoms. The number of carbonyl (C=O) groups excluding carboxylic acids is 2. The van der Waals surface area contributed by atoms with Crippen LogP contribution in [0.15, 0.2) is 42.5 Å². The molecule has 1 heterocycles. The third-order valence-corrected chi connectivity index (χ3v) is 4.48. The number of aromatic hydroxyl groups is 1. The Bertz CT molecular complexity index is 797. The fourth-order valence-corrected chi connectivity index (χ4v) is 3.09. The molecule has 0 bridgehead atoms. The maximum Gasteiger partial charge on any atom is 0.254 e. The molecule has 1 amide bonds. The maximum atomic E-state index is 12.7. The van der Waals surface area contributed by atoms with Crippen LogP contribution in [0, 0.1) is 0 Å². The SMILES string of the molecule is COc1ccccc1OC1CCN(C(=O)c2ccc(O)cc2C=O)CC1. The molecule has 0 aliphatic carbocycles. The average Bonchev–Trinajstić information content (AvgIpc) is 2.68. The number of methoxy groups -OCH3 is 1. The predicted octanol–water partition coefficient (Wildman–Crippen LogP) is 2.90. The summed E-state index contributed by atoms with van der Waals surface area (Å²) in [4.78, 5) is 25.6. The van der Waals surface area contributed by atoms with E-state index in [1.807, 2.05) is 24.3 Å². The highest BCUT2D eigenvalue weighted by molar-refractivity contribution is 6.01. The van der Waals surface area contributed by atoms with Crippen LogP contribution in [0.5, 0.6) is 17.2 Å². The molecule has 1 aliphatic rings. The minimum atomic E-state index is -0.206. The van der Waals surface area contributed by atoms with Crippen LogP contribution < -0.4 is 9.47 Å². The third kappa shape index (κ3) is 3.79. The minimum Gasteiger partial charge on any atom is -0.508 e. The second kappa shape index (κ2) is 7.91. The van der Waals surface area contributed by atoms with Crippen molar-refractivity contribution < 1.29 is 24.2 Å². The van der Waals surface area contributed by atoms with Gasteiger partial charge in [0.15, 0.2) is 17.8 Å². The Balaban J connectivity index is 1.63. The summed E-state index contributed by atoms with van der Waals surface area (Å²) in [6.07, 6.45) is 1.97. The largest absolute Gasteiger partial charge is 0.508 e. The lowest BCUT2D eigenvalue weighted by molar-refractivity contribution is 0.0588. The monoisotopic (exact) mass is 355 g/mol. The van der Waals surface area contributed by atoms with Gasteiger partial charge in [0.25, 0.3) is 5.91 Å². The van der Waals surface area contributed by atoms with Crippen LogP contribution in [0.2, 0.25) is 0 Å². The maximum absolute atomic E-state index is 12.7. The van der Waals surface area contributed by atoms with Gasteiger partial charge in [0, 0.05) is 31.5 Å². The molecule has 1 N–H and O–H groups in total. The molecule has 0 saturated carbocycles. The van der Waals surface area contributed by atoms with Gasteiger partial charge in [-0.25, -0.2) is 0 Å². The first kappa shape index (κ1) is 17.8. The molecule has 6 nitrogen and oxygen atoms in total. The third-order valence-electron chi connectivity index (χ3n) is 4.48. The van der Waals surface area contributed by atoms with Crippen molar-refractivity contribution in [2.75, 3.05) is 20.2 Å². The minimum absolute atomic E-state index is 0.000657. The van der Waals surface area contributed by atoms with Crippen molar-refractivity contribution in [3.63, 3.8) is 0 Å². The molecule has 1 aliphatic heterocycles. The van der Waals surface area contributed by atoms with Crippen LogP contribution in [-0.4, -0.2) is 48.5 Å². The zero-order valence-electron chi connectivity index (χ0n) is 14.6. The van der Waals surface area contributed by atoms with Crippen molar-refractivity contribution in [3.05, 3.63) is 53.6 Å². The van der Waals surface area contributed by atoms with Crippen LogP contribution in [0.25, 0.3) is 0 Å². The molecule has 1 saturated heterocycles. The van der Waals surface area contributed by atoms with Crippen LogP contribution in [0.3, 0.4) is 0 Å². The van der Waals surface area contributed by atoms with E-state index in [-0.39, 0.29) is 23.3 Å². The van der Waals surface area contributed by atoms with E-state index >= 15 is 0 Å². The lowest BCUT2D eigenvalue weighted by Crippen LogP contribution is -2.42. The molecule has 136 valence electrons. The van der Waals surface area contributed by atoms with Gasteiger partial charge in [-0.3, -0.25) is 9.59 Å². The van der Waals surface area contributed by atoms with Gasteiger partial charge in [-0.15, -0.1) is 0 Å². The van der Waals surface area contributed by atoms with E-state index in [2.05, 4.69) is 0 Å². The van der Waals surface area contributed by atoms with Crippen LogP contribution in [0.4, 0.5) is 0 Å². The van der Waals surface area contributed by atoms with Gasteiger partial charge in [-0.05, 0) is 30.3 Å². The van der Waals surface area contributed by atoms with E-state index in [0.717, 1.165) is 0 Å². The van der Waals surface area contributed by atoms with Gasteiger partial charge >= 0.3 is 0 Å². The number of nitrogens with zero attached hydrogens (tertiary/aromatic N) is 1. The Labute approximate surface area is 152 Å². The Hall–Kier alpha value is -3.02. The van der Waals surface area contributed by atoms with E-state index in [4.69, 9.17) is 9.47 Å². The van der Waals surface area contributed by atoms with Crippen molar-refractivity contribution in [1.29, 1.82) is 0 Å². The summed E-state index contributed by atoms with van der Waals surface area (Å²) >= 11 is 0. The second-order valence-corrected chi connectivity index (χ2v) is 6.15. The molecule has 0 radical (unpaired) electrons. The fraction of sp³-hybridized carbons (Fsp3) is 0.300. The number of phenolic OH excluding ortho intramolecular Hbond substituents is 1. The fourth-order valence-electron chi connectivity index (χ4n) is 3.09. The summed E-state index contributed by atoms with van der Waals surface area (Å²) in [6.45, 7) is 1.08. The average molecular weight is 355 g/mol. The van der Waals surface area contributed by atoms with E-state index in [9.17, 15) is 14.7 Å². The Morgan fingerprint density at radius 2 is 1.85 bits per heavy atom. The molecule has 2 aromatic carbocycles. The van der Waals surface area contributed by atoms with Crippen molar-refractivity contribution >= 4 is 12.2 Å². The Kier molecular flexibility index (Phi) is 5.41. The van der Waals surface area contributed by atoms with Crippen molar-refractivity contribution in [1.82, 2.24) is 4.90 Å². The number of ether oxygens (including phenoxy) is 2. The van der Waals surface area contributed by atoms with Gasteiger partial charge in [0.05, 0.1) is 12.7 Å². The quantitative estimate of drug-likeness (QED) is 0.835. The first-order valence-electron chi connectivity index (χ1n) is 8.49. The van der Waals surface area contributed by atoms with Crippen molar-refractivity contribution in [2.45, 2.75) is 18.9 Å². The predicted molar refractivity (Wildman–Crippen MR) is 96.0 cm³/mol. The Morgan fingerprint density at radius 1 is 1.15 bits per heavy atom. The first-order chi connectivity index (χ1) is 12.6. The number of benzene rings is 2. The number of likely N-dealkylation sites (tertiary alicyclic amines) is 1. The molecule has 3 rings (SSSR count). The van der Waals surface area contributed by atoms with Crippen LogP contribution >= 0.6 is 0 Å². The number of hydrogen-bond donors (Lipinski definition) is 1. The zero-order valence-corrected chi connectivity index (χ0v) is 14.6. The van der Waals surface area contributed by atoms with E-state index in [0.29, 0.717) is 49.3 Å². The summed E-state index contributed by atoms with van der Waals surface area (Å²) in [5.74, 6) is 1.14. The first-order valence-corrected chi connectivity index (χ1v) is 8.49. The molecule has 0 atom stereocenters. The van der Waals surface area contributed by atoms with E-state index in [1.54, 1.807) is 12.0 Å². The molecular weight excluding hydrogens is 334 g/mol. The molecule has 1 fully saturated rings. The summed E-state index contributed by atoms with van der Waals surface area (Å²) in [6, 6.07) is 11.7. The Morgan fingerprint density at radius 3 is 2.50 bits per heavy atom. The number of phenols is 1. The van der Waals surface area contributed by atoms with E-state index < -0.39 is 0 Å². The molecule has 26 heavy (non-hydrogen) atoms. The topological polar surface area (TPSA) is 76.1 Å². The van der Waals surface area contributed by atoms with Crippen LogP contribution in [-0.2, 0) is 0 Å². The molecule has 2 aromatic rings. The number of hydrogen-bond acceptors (Lipinski definition) is 5. The summed E-state index contributed by atoms with van der Waals surface area (Å²) in [7, 11) is 1.60. The normalized spacial score (nSPS) is 14.7. The summed E-state index contributed by atoms with van der Waals surface area (Å²) < 4.78 is 11.3. The summed E-state index contributed by atoms with van der Waals surface area (Å²) in [5.41, 5.74) is 0.504. The lowest BCUT2D eigenvalue weighted by atomic mass is 10.0. The second-order valence-electron chi connectivity index (χ2n) is 6.15. The zero-order chi connectivity index (χ0) is 18.5. The number of piperidine rings is 1. The van der Waals surface area contributed by atoms with Crippen LogP contribution in [0.1, 0.15) is 33.6 Å². The van der Waals surface area contributed by atoms with Gasteiger partial charge in [-0.2, -0.15) is 0 Å². The number of para-hydroxylation sites is 2. The molecule has 0 unspecified atom stereocenters. The van der Waals surface area contributed by atoms with Crippen molar-refractivity contribution in [3.8, 4) is 17.2 Å². The summed E-state index contributed by atoms with van der Waals surface area (Å²) in [5, 5.41) is 9.47. The number of rotatable bonds is 5. The number of aldehydes is 1. The van der Waals surface area contributed by atoms with Gasteiger partial charge in [0.1, 0.15) is 11.9 Å². The lowest BCUT2D eigenvalue weighted by Gasteiger charge is -2.32. The smallest absolute Gasteiger partial charge is 0.254 e. The molecular formula is C20H21NO5. The van der Waals surface area contributed by atoms with Gasteiger partial charge in [0.2, 0.25) is 0 Å².